The van der Waals surface area contributed by atoms with Gasteiger partial charge in [-0.25, -0.2) is 18.0 Å². The Hall–Kier alpha value is -2.33. The molecule has 3 saturated carbocycles. The number of alkyl halides is 3. The number of rotatable bonds is 4. The second-order valence-corrected chi connectivity index (χ2v) is 12.0. The number of carbonyl (C=O) groups excluding carboxylic acids is 3. The lowest BCUT2D eigenvalue weighted by molar-refractivity contribution is -0.221. The molecule has 0 aromatic carbocycles. The van der Waals surface area contributed by atoms with Crippen molar-refractivity contribution in [3.05, 3.63) is 48.0 Å². The number of aliphatic hydroxyl groups is 1. The molecule has 0 spiro atoms. The van der Waals surface area contributed by atoms with Gasteiger partial charge < -0.3 is 14.3 Å². The van der Waals surface area contributed by atoms with Gasteiger partial charge >= 0.3 is 5.97 Å². The minimum Gasteiger partial charge on any atom is -0.457 e. The zero-order chi connectivity index (χ0) is 27.0. The highest BCUT2D eigenvalue weighted by Crippen LogP contribution is 2.72. The first kappa shape index (κ1) is 26.3. The fourth-order valence-corrected chi connectivity index (χ4v) is 8.76. The molecule has 9 atom stereocenters. The third-order valence-corrected chi connectivity index (χ3v) is 10.3. The molecule has 0 radical (unpaired) electrons. The van der Waals surface area contributed by atoms with Gasteiger partial charge in [0.1, 0.15) is 12.2 Å². The molecular weight excluding hydrogens is 509 g/mol. The number of esters is 1. The predicted molar refractivity (Wildman–Crippen MR) is 129 cm³/mol. The van der Waals surface area contributed by atoms with Crippen molar-refractivity contribution in [1.29, 1.82) is 0 Å². The van der Waals surface area contributed by atoms with Crippen molar-refractivity contribution in [1.82, 2.24) is 0 Å². The largest absolute Gasteiger partial charge is 0.457 e. The number of ketones is 1. The molecule has 10 heteroatoms. The van der Waals surface area contributed by atoms with Crippen molar-refractivity contribution in [2.75, 3.05) is 6.01 Å². The molecule has 5 rings (SSSR count). The maximum atomic E-state index is 17.4. The number of allylic oxidation sites excluding steroid dienone is 4. The Bertz CT molecular complexity index is 1200. The van der Waals surface area contributed by atoms with Crippen LogP contribution < -0.4 is 0 Å². The van der Waals surface area contributed by atoms with Gasteiger partial charge in [-0.2, -0.15) is 0 Å². The molecule has 1 N–H and O–H groups in total. The smallest absolute Gasteiger partial charge is 0.375 e. The average Bonchev–Trinajstić information content (AvgIpc) is 3.45. The monoisotopic (exact) mass is 538 g/mol. The Kier molecular flexibility index (Phi) is 6.10. The van der Waals surface area contributed by atoms with Crippen LogP contribution in [0.4, 0.5) is 13.2 Å². The summed E-state index contributed by atoms with van der Waals surface area (Å²) in [4.78, 5) is 38.7. The topological polar surface area (TPSA) is 93.8 Å². The Labute approximate surface area is 216 Å². The second kappa shape index (κ2) is 8.59. The SMILES string of the molecule is C[C@@H]1C[C@H]2[C@@H]3CC(F)C4=CC(=O)C=C[C@]4(C)[C@@]3(F)[C@@H](O)C[C@]2(C)[C@@]1(OC(=O)c1ccco1)C(=O)SCF. The van der Waals surface area contributed by atoms with Gasteiger partial charge in [0.15, 0.2) is 17.1 Å². The second-order valence-electron chi connectivity index (χ2n) is 11.1. The Morgan fingerprint density at radius 2 is 2.00 bits per heavy atom. The quantitative estimate of drug-likeness (QED) is 0.544. The Morgan fingerprint density at radius 3 is 2.65 bits per heavy atom. The summed E-state index contributed by atoms with van der Waals surface area (Å²) >= 11 is 0.352. The minimum atomic E-state index is -2.35. The number of ether oxygens (including phenoxy) is 1. The van der Waals surface area contributed by atoms with E-state index in [4.69, 9.17) is 9.15 Å². The highest BCUT2D eigenvalue weighted by molar-refractivity contribution is 8.13. The van der Waals surface area contributed by atoms with Crippen LogP contribution >= 0.6 is 11.8 Å². The normalized spacial score (nSPS) is 44.5. The van der Waals surface area contributed by atoms with E-state index in [0.717, 1.165) is 6.08 Å². The molecule has 1 aromatic heterocycles. The lowest BCUT2D eigenvalue weighted by Crippen LogP contribution is -2.70. The van der Waals surface area contributed by atoms with Crippen molar-refractivity contribution in [2.45, 2.75) is 63.6 Å². The molecule has 3 fully saturated rings. The van der Waals surface area contributed by atoms with Crippen LogP contribution in [0, 0.1) is 28.6 Å². The van der Waals surface area contributed by atoms with Crippen molar-refractivity contribution < 1.29 is 41.8 Å². The van der Waals surface area contributed by atoms with Crippen molar-refractivity contribution in [3.63, 3.8) is 0 Å². The summed E-state index contributed by atoms with van der Waals surface area (Å²) < 4.78 is 57.5. The van der Waals surface area contributed by atoms with Crippen LogP contribution in [0.15, 0.2) is 46.6 Å². The minimum absolute atomic E-state index is 0.00739. The summed E-state index contributed by atoms with van der Waals surface area (Å²) in [5.74, 6) is -3.98. The van der Waals surface area contributed by atoms with Crippen LogP contribution in [0.3, 0.4) is 0 Å². The molecule has 4 aliphatic rings. The van der Waals surface area contributed by atoms with E-state index >= 15 is 8.78 Å². The molecule has 1 unspecified atom stereocenters. The van der Waals surface area contributed by atoms with E-state index in [1.54, 1.807) is 13.8 Å². The molecule has 0 bridgehead atoms. The van der Waals surface area contributed by atoms with E-state index in [0.29, 0.717) is 11.8 Å². The standard InChI is InChI=1S/C27H29F3O6S/c1-14-9-16-17-11-19(29)18-10-15(31)6-7-24(18,2)26(17,30)21(32)12-25(16,3)27(14,23(34)37-13-28)36-22(33)20-5-4-8-35-20/h4-8,10,14,16-17,19,21,32H,9,11-13H2,1-3H3/t14-,16+,17+,19?,21+,24+,25+,26+,27+/m1/s1. The van der Waals surface area contributed by atoms with E-state index in [2.05, 4.69) is 0 Å². The van der Waals surface area contributed by atoms with Crippen LogP contribution in [0.25, 0.3) is 0 Å². The zero-order valence-corrected chi connectivity index (χ0v) is 21.5. The lowest BCUT2D eigenvalue weighted by Gasteiger charge is -2.63. The summed E-state index contributed by atoms with van der Waals surface area (Å²) in [6.07, 6.45) is 1.16. The van der Waals surface area contributed by atoms with Crippen molar-refractivity contribution >= 4 is 28.6 Å². The molecule has 0 saturated heterocycles. The third-order valence-electron chi connectivity index (χ3n) is 9.63. The molecule has 0 aliphatic heterocycles. The highest BCUT2D eigenvalue weighted by atomic mass is 32.2. The van der Waals surface area contributed by atoms with Crippen LogP contribution in [-0.2, 0) is 14.3 Å². The average molecular weight is 539 g/mol. The molecule has 0 amide bonds. The van der Waals surface area contributed by atoms with Crippen molar-refractivity contribution in [2.24, 2.45) is 28.6 Å². The Balaban J connectivity index is 1.64. The van der Waals surface area contributed by atoms with Gasteiger partial charge in [-0.15, -0.1) is 0 Å². The summed E-state index contributed by atoms with van der Waals surface area (Å²) in [7, 11) is 0. The number of halogens is 3. The summed E-state index contributed by atoms with van der Waals surface area (Å²) in [5, 5.41) is 10.7. The number of hydrogen-bond acceptors (Lipinski definition) is 7. The van der Waals surface area contributed by atoms with Gasteiger partial charge in [0.25, 0.3) is 0 Å². The van der Waals surface area contributed by atoms with Crippen LogP contribution in [0.2, 0.25) is 0 Å². The number of hydrogen-bond donors (Lipinski definition) is 1. The molecule has 1 heterocycles. The van der Waals surface area contributed by atoms with E-state index < -0.39 is 75.0 Å². The fourth-order valence-electron chi connectivity index (χ4n) is 7.97. The summed E-state index contributed by atoms with van der Waals surface area (Å²) in [5.41, 5.74) is -7.19. The van der Waals surface area contributed by atoms with Gasteiger partial charge in [-0.1, -0.05) is 19.9 Å². The molecule has 6 nitrogen and oxygen atoms in total. The number of fused-ring (bicyclic) bond motifs is 5. The van der Waals surface area contributed by atoms with Gasteiger partial charge in [-0.3, -0.25) is 9.59 Å². The maximum Gasteiger partial charge on any atom is 0.375 e. The summed E-state index contributed by atoms with van der Waals surface area (Å²) in [6, 6.07) is 1.78. The molecular formula is C27H29F3O6S. The van der Waals surface area contributed by atoms with Crippen LogP contribution in [-0.4, -0.2) is 51.5 Å². The third kappa shape index (κ3) is 3.27. The predicted octanol–water partition coefficient (Wildman–Crippen LogP) is 4.93. The number of carbonyl (C=O) groups is 3. The van der Waals surface area contributed by atoms with E-state index in [-0.39, 0.29) is 30.6 Å². The first-order valence-corrected chi connectivity index (χ1v) is 13.3. The van der Waals surface area contributed by atoms with Gasteiger partial charge in [0, 0.05) is 22.7 Å². The zero-order valence-electron chi connectivity index (χ0n) is 20.7. The molecule has 4 aliphatic carbocycles. The first-order valence-electron chi connectivity index (χ1n) is 12.3. The molecule has 1 aromatic rings. The van der Waals surface area contributed by atoms with Crippen LogP contribution in [0.5, 0.6) is 0 Å². The van der Waals surface area contributed by atoms with Gasteiger partial charge in [-0.05, 0) is 73.7 Å². The van der Waals surface area contributed by atoms with Gasteiger partial charge in [0.05, 0.1) is 12.4 Å². The van der Waals surface area contributed by atoms with Crippen molar-refractivity contribution in [3.8, 4) is 0 Å². The fraction of sp³-hybridized carbons (Fsp3) is 0.593. The first-order chi connectivity index (χ1) is 17.4. The maximum absolute atomic E-state index is 17.4. The number of aliphatic hydroxyl groups excluding tert-OH is 1. The Morgan fingerprint density at radius 1 is 1.27 bits per heavy atom. The summed E-state index contributed by atoms with van der Waals surface area (Å²) in [6.45, 7) is 4.79. The van der Waals surface area contributed by atoms with E-state index in [1.807, 2.05) is 0 Å². The number of thioether (sulfide) groups is 1. The molecule has 200 valence electrons. The van der Waals surface area contributed by atoms with E-state index in [9.17, 15) is 23.9 Å². The lowest BCUT2D eigenvalue weighted by atomic mass is 9.44. The highest BCUT2D eigenvalue weighted by Gasteiger charge is 2.78. The van der Waals surface area contributed by atoms with E-state index in [1.165, 1.54) is 37.5 Å². The number of furan rings is 1. The van der Waals surface area contributed by atoms with Gasteiger partial charge in [0.2, 0.25) is 10.9 Å². The van der Waals surface area contributed by atoms with Crippen LogP contribution in [0.1, 0.15) is 50.6 Å². The molecule has 37 heavy (non-hydrogen) atoms.